The van der Waals surface area contributed by atoms with Crippen molar-refractivity contribution in [2.75, 3.05) is 0 Å². The van der Waals surface area contributed by atoms with Crippen LogP contribution in [-0.4, -0.2) is 20.5 Å². The van der Waals surface area contributed by atoms with Gasteiger partial charge in [0.05, 0.1) is 6.21 Å². The lowest BCUT2D eigenvalue weighted by molar-refractivity contribution is 0.562. The second-order valence-electron chi connectivity index (χ2n) is 5.73. The van der Waals surface area contributed by atoms with E-state index in [0.29, 0.717) is 26.6 Å². The quantitative estimate of drug-likeness (QED) is 0.583. The van der Waals surface area contributed by atoms with Crippen molar-refractivity contribution in [3.8, 4) is 0 Å². The molecule has 0 radical (unpaired) electrons. The first kappa shape index (κ1) is 16.4. The molecule has 3 nitrogen and oxygen atoms in total. The molecule has 21 heavy (non-hydrogen) atoms. The Morgan fingerprint density at radius 3 is 2.62 bits per heavy atom. The van der Waals surface area contributed by atoms with E-state index in [1.54, 1.807) is 19.1 Å². The number of aryl methyl sites for hydroxylation is 1. The summed E-state index contributed by atoms with van der Waals surface area (Å²) in [5.41, 5.74) is 1.68. The minimum Gasteiger partial charge on any atom is -0.591 e. The number of hydrogen-bond acceptors (Lipinski definition) is 3. The van der Waals surface area contributed by atoms with Crippen molar-refractivity contribution in [3.05, 3.63) is 39.7 Å². The largest absolute Gasteiger partial charge is 0.591 e. The predicted molar refractivity (Wildman–Crippen MR) is 89.6 cm³/mol. The van der Waals surface area contributed by atoms with E-state index in [1.807, 2.05) is 20.8 Å². The van der Waals surface area contributed by atoms with Crippen LogP contribution >= 0.6 is 15.9 Å². The second kappa shape index (κ2) is 6.02. The Morgan fingerprint density at radius 1 is 1.33 bits per heavy atom. The van der Waals surface area contributed by atoms with E-state index in [4.69, 9.17) is 0 Å². The molecule has 1 atom stereocenters. The van der Waals surface area contributed by atoms with Gasteiger partial charge in [-0.3, -0.25) is 4.98 Å². The lowest BCUT2D eigenvalue weighted by atomic mass is 10.1. The van der Waals surface area contributed by atoms with Crippen LogP contribution in [0.5, 0.6) is 0 Å². The minimum atomic E-state index is -1.35. The van der Waals surface area contributed by atoms with Crippen LogP contribution in [0.25, 0.3) is 10.9 Å². The second-order valence-corrected chi connectivity index (χ2v) is 8.58. The third-order valence-electron chi connectivity index (χ3n) is 2.80. The summed E-state index contributed by atoms with van der Waals surface area (Å²) in [6.07, 6.45) is 1.53. The number of nitrogens with zero attached hydrogens (tertiary/aromatic N) is 2. The van der Waals surface area contributed by atoms with Gasteiger partial charge >= 0.3 is 0 Å². The van der Waals surface area contributed by atoms with E-state index in [0.717, 1.165) is 0 Å². The van der Waals surface area contributed by atoms with Gasteiger partial charge in [-0.15, -0.1) is 0 Å². The maximum Gasteiger partial charge on any atom is 0.150 e. The monoisotopic (exact) mass is 370 g/mol. The van der Waals surface area contributed by atoms with Crippen LogP contribution in [0.1, 0.15) is 32.0 Å². The number of rotatable bonds is 2. The Labute approximate surface area is 135 Å². The lowest BCUT2D eigenvalue weighted by Gasteiger charge is -2.17. The van der Waals surface area contributed by atoms with Crippen molar-refractivity contribution in [2.24, 2.45) is 4.40 Å². The molecule has 0 spiro atoms. The predicted octanol–water partition coefficient (Wildman–Crippen LogP) is 4.33. The molecule has 1 unspecified atom stereocenters. The molecule has 2 aromatic rings. The van der Waals surface area contributed by atoms with Crippen LogP contribution < -0.4 is 0 Å². The zero-order valence-corrected chi connectivity index (χ0v) is 14.7. The molecule has 0 N–H and O–H groups in total. The van der Waals surface area contributed by atoms with Crippen molar-refractivity contribution in [2.45, 2.75) is 32.4 Å². The summed E-state index contributed by atoms with van der Waals surface area (Å²) >= 11 is 1.92. The fourth-order valence-corrected chi connectivity index (χ4v) is 2.74. The molecule has 0 fully saturated rings. The number of aromatic nitrogens is 1. The maximum atomic E-state index is 14.0. The van der Waals surface area contributed by atoms with E-state index >= 15 is 0 Å². The Morgan fingerprint density at radius 2 is 2.00 bits per heavy atom. The molecule has 0 amide bonds. The smallest absolute Gasteiger partial charge is 0.150 e. The van der Waals surface area contributed by atoms with Crippen LogP contribution in [0.3, 0.4) is 0 Å². The molecule has 0 saturated carbocycles. The van der Waals surface area contributed by atoms with Crippen LogP contribution in [-0.2, 0) is 11.4 Å². The molecule has 1 aromatic heterocycles. The summed E-state index contributed by atoms with van der Waals surface area (Å²) in [4.78, 5) is 4.22. The van der Waals surface area contributed by atoms with Crippen molar-refractivity contribution in [3.63, 3.8) is 0 Å². The van der Waals surface area contributed by atoms with Crippen LogP contribution in [0, 0.1) is 12.7 Å². The molecule has 6 heteroatoms. The summed E-state index contributed by atoms with van der Waals surface area (Å²) in [5, 5.41) is 0.641. The van der Waals surface area contributed by atoms with Gasteiger partial charge in [0.1, 0.15) is 21.6 Å². The molecule has 1 heterocycles. The molecule has 0 aliphatic rings. The fraction of sp³-hybridized carbons (Fsp3) is 0.333. The molecule has 0 saturated heterocycles. The highest BCUT2D eigenvalue weighted by molar-refractivity contribution is 9.10. The van der Waals surface area contributed by atoms with Gasteiger partial charge in [-0.2, -0.15) is 0 Å². The molecule has 2 rings (SSSR count). The summed E-state index contributed by atoms with van der Waals surface area (Å²) in [6, 6.07) is 4.97. The zero-order valence-electron chi connectivity index (χ0n) is 12.3. The van der Waals surface area contributed by atoms with Crippen molar-refractivity contribution < 1.29 is 8.94 Å². The van der Waals surface area contributed by atoms with E-state index in [-0.39, 0.29) is 0 Å². The summed E-state index contributed by atoms with van der Waals surface area (Å²) < 4.78 is 30.3. The van der Waals surface area contributed by atoms with E-state index in [9.17, 15) is 8.94 Å². The Balaban J connectivity index is 2.56. The summed E-state index contributed by atoms with van der Waals surface area (Å²) in [6.45, 7) is 7.35. The zero-order chi connectivity index (χ0) is 15.8. The van der Waals surface area contributed by atoms with E-state index < -0.39 is 21.9 Å². The number of fused-ring (bicyclic) bond motifs is 1. The first-order chi connectivity index (χ1) is 9.68. The van der Waals surface area contributed by atoms with Gasteiger partial charge in [-0.1, -0.05) is 20.3 Å². The SMILES string of the molecule is Cc1cc(C=N[S+]([O-])C(C)(C)C)c2cc(Br)cc(F)c2n1. The lowest BCUT2D eigenvalue weighted by Crippen LogP contribution is -2.25. The summed E-state index contributed by atoms with van der Waals surface area (Å²) in [5.74, 6) is -0.394. The van der Waals surface area contributed by atoms with Crippen LogP contribution in [0.4, 0.5) is 4.39 Å². The van der Waals surface area contributed by atoms with Gasteiger partial charge in [0, 0.05) is 21.1 Å². The Kier molecular flexibility index (Phi) is 4.70. The molecule has 0 bridgehead atoms. The number of benzene rings is 1. The van der Waals surface area contributed by atoms with Gasteiger partial charge in [-0.05, 0) is 45.9 Å². The first-order valence-corrected chi connectivity index (χ1v) is 8.31. The normalized spacial score (nSPS) is 14.0. The van der Waals surface area contributed by atoms with Gasteiger partial charge in [-0.25, -0.2) is 4.39 Å². The van der Waals surface area contributed by atoms with Gasteiger partial charge in [0.2, 0.25) is 0 Å². The maximum absolute atomic E-state index is 14.0. The minimum absolute atomic E-state index is 0.293. The van der Waals surface area contributed by atoms with Gasteiger partial charge in [0.25, 0.3) is 0 Å². The summed E-state index contributed by atoms with van der Waals surface area (Å²) in [7, 11) is 0. The number of pyridine rings is 1. The molecule has 0 aliphatic heterocycles. The molecule has 0 aliphatic carbocycles. The van der Waals surface area contributed by atoms with Crippen molar-refractivity contribution in [1.29, 1.82) is 0 Å². The number of hydrogen-bond donors (Lipinski definition) is 0. The topological polar surface area (TPSA) is 48.3 Å². The molecule has 112 valence electrons. The Hall–Kier alpha value is -0.980. The Bertz CT molecular complexity index is 713. The highest BCUT2D eigenvalue weighted by Gasteiger charge is 2.25. The number of halogens is 2. The third-order valence-corrected chi connectivity index (χ3v) is 4.61. The van der Waals surface area contributed by atoms with E-state index in [2.05, 4.69) is 25.3 Å². The molecular formula is C15H16BrFN2OS. The highest BCUT2D eigenvalue weighted by atomic mass is 79.9. The first-order valence-electron chi connectivity index (χ1n) is 6.41. The van der Waals surface area contributed by atoms with Crippen molar-refractivity contribution >= 4 is 44.4 Å². The highest BCUT2D eigenvalue weighted by Crippen LogP contribution is 2.25. The fourth-order valence-electron chi connectivity index (χ4n) is 1.78. The third kappa shape index (κ3) is 3.81. The van der Waals surface area contributed by atoms with Crippen LogP contribution in [0.15, 0.2) is 27.1 Å². The van der Waals surface area contributed by atoms with Gasteiger partial charge < -0.3 is 4.55 Å². The molecule has 1 aromatic carbocycles. The van der Waals surface area contributed by atoms with E-state index in [1.165, 1.54) is 12.3 Å². The van der Waals surface area contributed by atoms with Crippen molar-refractivity contribution in [1.82, 2.24) is 4.98 Å². The average molecular weight is 371 g/mol. The molecular weight excluding hydrogens is 355 g/mol. The average Bonchev–Trinajstić information content (AvgIpc) is 2.35. The standard InChI is InChI=1S/C15H16BrFN2OS/c1-9-5-10(8-18-21(20)15(2,3)4)12-6-11(16)7-13(17)14(12)19-9/h5-8H,1-4H3. The van der Waals surface area contributed by atoms with Crippen LogP contribution in [0.2, 0.25) is 0 Å². The van der Waals surface area contributed by atoms with Gasteiger partial charge in [0.15, 0.2) is 5.82 Å².